The van der Waals surface area contributed by atoms with Gasteiger partial charge in [0.15, 0.2) is 0 Å². The summed E-state index contributed by atoms with van der Waals surface area (Å²) in [6.07, 6.45) is 2.64. The van der Waals surface area contributed by atoms with E-state index in [9.17, 15) is 0 Å². The van der Waals surface area contributed by atoms with Gasteiger partial charge in [-0.25, -0.2) is 4.98 Å². The molecule has 0 aliphatic heterocycles. The first-order valence-corrected chi connectivity index (χ1v) is 10.2. The van der Waals surface area contributed by atoms with Crippen molar-refractivity contribution in [1.82, 2.24) is 10.3 Å². The fraction of sp³-hybridized carbons (Fsp3) is 0.261. The van der Waals surface area contributed by atoms with E-state index in [0.29, 0.717) is 19.1 Å². The summed E-state index contributed by atoms with van der Waals surface area (Å²) in [6, 6.07) is 20.2. The number of hydrogen-bond donors (Lipinski definition) is 1. The van der Waals surface area contributed by atoms with Crippen LogP contribution in [0.4, 0.5) is 0 Å². The predicted octanol–water partition coefficient (Wildman–Crippen LogP) is 5.29. The SMILES string of the molecule is Cc1cccc(COc2ccc(Br)cc2CNCCCOc2ccccn2)c1. The molecule has 0 spiro atoms. The molecule has 5 heteroatoms. The minimum absolute atomic E-state index is 0.564. The molecule has 2 aromatic carbocycles. The Morgan fingerprint density at radius 3 is 2.75 bits per heavy atom. The molecule has 0 aliphatic rings. The van der Waals surface area contributed by atoms with Crippen LogP contribution < -0.4 is 14.8 Å². The van der Waals surface area contributed by atoms with Crippen molar-refractivity contribution in [1.29, 1.82) is 0 Å². The van der Waals surface area contributed by atoms with Crippen LogP contribution in [-0.4, -0.2) is 18.1 Å². The van der Waals surface area contributed by atoms with E-state index in [2.05, 4.69) is 63.5 Å². The third kappa shape index (κ3) is 6.66. The predicted molar refractivity (Wildman–Crippen MR) is 116 cm³/mol. The van der Waals surface area contributed by atoms with Gasteiger partial charge in [0.2, 0.25) is 5.88 Å². The molecule has 0 atom stereocenters. The number of aryl methyl sites for hydroxylation is 1. The summed E-state index contributed by atoms with van der Waals surface area (Å²) in [6.45, 7) is 4.90. The number of aromatic nitrogens is 1. The van der Waals surface area contributed by atoms with Gasteiger partial charge in [0.25, 0.3) is 0 Å². The van der Waals surface area contributed by atoms with Gasteiger partial charge in [0.05, 0.1) is 6.61 Å². The maximum absolute atomic E-state index is 6.08. The molecule has 1 aromatic heterocycles. The van der Waals surface area contributed by atoms with Crippen molar-refractivity contribution in [3.8, 4) is 11.6 Å². The number of nitrogens with zero attached hydrogens (tertiary/aromatic N) is 1. The van der Waals surface area contributed by atoms with E-state index in [1.165, 1.54) is 11.1 Å². The number of halogens is 1. The van der Waals surface area contributed by atoms with E-state index in [4.69, 9.17) is 9.47 Å². The molecule has 0 amide bonds. The molecule has 4 nitrogen and oxygen atoms in total. The quantitative estimate of drug-likeness (QED) is 0.434. The van der Waals surface area contributed by atoms with Crippen molar-refractivity contribution in [2.75, 3.05) is 13.2 Å². The summed E-state index contributed by atoms with van der Waals surface area (Å²) in [5.74, 6) is 1.57. The Labute approximate surface area is 175 Å². The van der Waals surface area contributed by atoms with E-state index in [1.807, 2.05) is 30.3 Å². The van der Waals surface area contributed by atoms with Crippen molar-refractivity contribution < 1.29 is 9.47 Å². The summed E-state index contributed by atoms with van der Waals surface area (Å²) < 4.78 is 12.7. The Bertz CT molecular complexity index is 871. The largest absolute Gasteiger partial charge is 0.489 e. The molecule has 0 radical (unpaired) electrons. The van der Waals surface area contributed by atoms with E-state index in [1.54, 1.807) is 6.20 Å². The second-order valence-corrected chi connectivity index (χ2v) is 7.49. The second-order valence-electron chi connectivity index (χ2n) is 6.58. The Hall–Kier alpha value is -2.37. The van der Waals surface area contributed by atoms with E-state index >= 15 is 0 Å². The normalized spacial score (nSPS) is 10.6. The lowest BCUT2D eigenvalue weighted by Crippen LogP contribution is -2.17. The number of ether oxygens (including phenoxy) is 2. The topological polar surface area (TPSA) is 43.4 Å². The minimum Gasteiger partial charge on any atom is -0.489 e. The molecular weight excluding hydrogens is 416 g/mol. The monoisotopic (exact) mass is 440 g/mol. The van der Waals surface area contributed by atoms with Gasteiger partial charge in [0.1, 0.15) is 12.4 Å². The van der Waals surface area contributed by atoms with Crippen LogP contribution in [0.25, 0.3) is 0 Å². The summed E-state index contributed by atoms with van der Waals surface area (Å²) in [5.41, 5.74) is 3.55. The van der Waals surface area contributed by atoms with E-state index in [-0.39, 0.29) is 0 Å². The van der Waals surface area contributed by atoms with Gasteiger partial charge >= 0.3 is 0 Å². The first-order chi connectivity index (χ1) is 13.7. The zero-order valence-corrected chi connectivity index (χ0v) is 17.6. The number of hydrogen-bond acceptors (Lipinski definition) is 4. The van der Waals surface area contributed by atoms with Gasteiger partial charge in [-0.15, -0.1) is 0 Å². The summed E-state index contributed by atoms with van der Waals surface area (Å²) >= 11 is 3.55. The molecule has 146 valence electrons. The standard InChI is InChI=1S/C23H25BrN2O2/c1-18-6-4-7-19(14-18)17-28-22-10-9-21(24)15-20(22)16-25-11-5-13-27-23-8-2-3-12-26-23/h2-4,6-10,12,14-15,25H,5,11,13,16-17H2,1H3. The lowest BCUT2D eigenvalue weighted by atomic mass is 10.1. The molecule has 1 heterocycles. The second kappa shape index (κ2) is 10.8. The molecule has 0 fully saturated rings. The van der Waals surface area contributed by atoms with Crippen LogP contribution >= 0.6 is 15.9 Å². The number of pyridine rings is 1. The van der Waals surface area contributed by atoms with E-state index < -0.39 is 0 Å². The summed E-state index contributed by atoms with van der Waals surface area (Å²) in [7, 11) is 0. The van der Waals surface area contributed by atoms with Gasteiger partial charge < -0.3 is 14.8 Å². The molecule has 0 saturated heterocycles. The highest BCUT2D eigenvalue weighted by atomic mass is 79.9. The first kappa shape index (κ1) is 20.4. The zero-order chi connectivity index (χ0) is 19.6. The zero-order valence-electron chi connectivity index (χ0n) is 16.0. The van der Waals surface area contributed by atoms with Crippen molar-refractivity contribution in [2.24, 2.45) is 0 Å². The van der Waals surface area contributed by atoms with Crippen LogP contribution in [0, 0.1) is 6.92 Å². The Morgan fingerprint density at radius 1 is 1.00 bits per heavy atom. The summed E-state index contributed by atoms with van der Waals surface area (Å²) in [5, 5.41) is 3.46. The lowest BCUT2D eigenvalue weighted by molar-refractivity contribution is 0.294. The van der Waals surface area contributed by atoms with Gasteiger partial charge in [-0.05, 0) is 49.7 Å². The van der Waals surface area contributed by atoms with Gasteiger partial charge in [0, 0.05) is 28.8 Å². The van der Waals surface area contributed by atoms with Crippen molar-refractivity contribution >= 4 is 15.9 Å². The lowest BCUT2D eigenvalue weighted by Gasteiger charge is -2.13. The molecule has 3 rings (SSSR count). The maximum Gasteiger partial charge on any atom is 0.213 e. The van der Waals surface area contributed by atoms with Crippen LogP contribution in [0.15, 0.2) is 71.3 Å². The maximum atomic E-state index is 6.08. The van der Waals surface area contributed by atoms with Gasteiger partial charge in [-0.1, -0.05) is 51.8 Å². The third-order valence-corrected chi connectivity index (χ3v) is 4.69. The first-order valence-electron chi connectivity index (χ1n) is 9.42. The molecular formula is C23H25BrN2O2. The Kier molecular flexibility index (Phi) is 7.88. The molecule has 0 unspecified atom stereocenters. The number of nitrogens with one attached hydrogen (secondary N) is 1. The van der Waals surface area contributed by atoms with Crippen molar-refractivity contribution in [3.05, 3.63) is 88.0 Å². The molecule has 0 bridgehead atoms. The average Bonchev–Trinajstić information content (AvgIpc) is 2.71. The fourth-order valence-electron chi connectivity index (χ4n) is 2.82. The minimum atomic E-state index is 0.564. The molecule has 1 N–H and O–H groups in total. The van der Waals surface area contributed by atoms with E-state index in [0.717, 1.165) is 35.3 Å². The molecule has 3 aromatic rings. The fourth-order valence-corrected chi connectivity index (χ4v) is 3.23. The van der Waals surface area contributed by atoms with Crippen molar-refractivity contribution in [3.63, 3.8) is 0 Å². The van der Waals surface area contributed by atoms with Crippen LogP contribution in [0.2, 0.25) is 0 Å². The Morgan fingerprint density at radius 2 is 1.93 bits per heavy atom. The van der Waals surface area contributed by atoms with Crippen LogP contribution in [-0.2, 0) is 13.2 Å². The molecule has 28 heavy (non-hydrogen) atoms. The highest BCUT2D eigenvalue weighted by Gasteiger charge is 2.06. The molecule has 0 saturated carbocycles. The van der Waals surface area contributed by atoms with Crippen molar-refractivity contribution in [2.45, 2.75) is 26.5 Å². The average molecular weight is 441 g/mol. The van der Waals surface area contributed by atoms with Crippen LogP contribution in [0.5, 0.6) is 11.6 Å². The Balaban J connectivity index is 1.45. The molecule has 0 aliphatic carbocycles. The highest BCUT2D eigenvalue weighted by molar-refractivity contribution is 9.10. The number of rotatable bonds is 10. The highest BCUT2D eigenvalue weighted by Crippen LogP contribution is 2.24. The van der Waals surface area contributed by atoms with Gasteiger partial charge in [-0.3, -0.25) is 0 Å². The number of benzene rings is 2. The summed E-state index contributed by atoms with van der Waals surface area (Å²) in [4.78, 5) is 4.15. The van der Waals surface area contributed by atoms with Gasteiger partial charge in [-0.2, -0.15) is 0 Å². The van der Waals surface area contributed by atoms with Crippen LogP contribution in [0.1, 0.15) is 23.1 Å². The smallest absolute Gasteiger partial charge is 0.213 e. The third-order valence-electron chi connectivity index (χ3n) is 4.20. The van der Waals surface area contributed by atoms with Crippen LogP contribution in [0.3, 0.4) is 0 Å².